The number of likely N-dealkylation sites (N-methyl/N-ethyl adjacent to an activating group) is 1. The number of halogens is 1. The summed E-state index contributed by atoms with van der Waals surface area (Å²) in [6, 6.07) is 8.30. The van der Waals surface area contributed by atoms with Gasteiger partial charge in [-0.1, -0.05) is 35.0 Å². The Labute approximate surface area is 123 Å². The van der Waals surface area contributed by atoms with Gasteiger partial charge >= 0.3 is 0 Å². The van der Waals surface area contributed by atoms with Crippen LogP contribution < -0.4 is 5.32 Å². The molecular formula is C15H20BrN3. The number of aromatic nitrogens is 1. The summed E-state index contributed by atoms with van der Waals surface area (Å²) in [5.74, 6) is 0. The third-order valence-corrected chi connectivity index (χ3v) is 4.02. The van der Waals surface area contributed by atoms with Crippen LogP contribution in [0.2, 0.25) is 0 Å². The maximum atomic E-state index is 4.49. The molecule has 2 aromatic rings. The molecule has 0 unspecified atom stereocenters. The Morgan fingerprint density at radius 3 is 2.95 bits per heavy atom. The molecule has 0 aliphatic carbocycles. The zero-order chi connectivity index (χ0) is 13.7. The van der Waals surface area contributed by atoms with Gasteiger partial charge in [0.15, 0.2) is 0 Å². The second kappa shape index (κ2) is 6.98. The molecule has 0 saturated heterocycles. The number of rotatable bonds is 6. The van der Waals surface area contributed by atoms with Crippen LogP contribution in [0.1, 0.15) is 12.5 Å². The average molecular weight is 322 g/mol. The highest BCUT2D eigenvalue weighted by Crippen LogP contribution is 2.24. The second-order valence-electron chi connectivity index (χ2n) is 4.68. The highest BCUT2D eigenvalue weighted by atomic mass is 79.9. The molecule has 2 rings (SSSR count). The fraction of sp³-hybridized carbons (Fsp3) is 0.400. The minimum Gasteiger partial charge on any atom is -0.311 e. The van der Waals surface area contributed by atoms with E-state index in [1.165, 1.54) is 10.9 Å². The van der Waals surface area contributed by atoms with Gasteiger partial charge in [-0.15, -0.1) is 0 Å². The third-order valence-electron chi connectivity index (χ3n) is 3.33. The number of nitrogens with one attached hydrogen (secondary N) is 1. The smallest absolute Gasteiger partial charge is 0.0758 e. The molecule has 4 heteroatoms. The molecule has 1 heterocycles. The van der Waals surface area contributed by atoms with Gasteiger partial charge in [0.2, 0.25) is 0 Å². The third kappa shape index (κ3) is 3.75. The van der Waals surface area contributed by atoms with E-state index in [9.17, 15) is 0 Å². The van der Waals surface area contributed by atoms with Crippen LogP contribution >= 0.6 is 15.9 Å². The molecule has 0 radical (unpaired) electrons. The van der Waals surface area contributed by atoms with Gasteiger partial charge in [0, 0.05) is 35.7 Å². The lowest BCUT2D eigenvalue weighted by atomic mass is 10.1. The number of benzene rings is 1. The Kier molecular flexibility index (Phi) is 5.31. The number of hydrogen-bond acceptors (Lipinski definition) is 3. The van der Waals surface area contributed by atoms with E-state index in [4.69, 9.17) is 0 Å². The quantitative estimate of drug-likeness (QED) is 0.829. The monoisotopic (exact) mass is 321 g/mol. The van der Waals surface area contributed by atoms with E-state index >= 15 is 0 Å². The summed E-state index contributed by atoms with van der Waals surface area (Å²) < 4.78 is 1.10. The molecule has 3 nitrogen and oxygen atoms in total. The SMILES string of the molecule is CCN(C)CCNCc1ccc(Br)c2cccnc12. The Hall–Kier alpha value is -0.970. The molecule has 0 amide bonds. The molecule has 1 aromatic heterocycles. The van der Waals surface area contributed by atoms with Crippen molar-refractivity contribution >= 4 is 26.8 Å². The van der Waals surface area contributed by atoms with Crippen molar-refractivity contribution in [3.05, 3.63) is 40.5 Å². The van der Waals surface area contributed by atoms with Crippen LogP contribution in [0.3, 0.4) is 0 Å². The normalized spacial score (nSPS) is 11.4. The average Bonchev–Trinajstić information content (AvgIpc) is 2.45. The first-order chi connectivity index (χ1) is 9.22. The van der Waals surface area contributed by atoms with Crippen molar-refractivity contribution in [1.82, 2.24) is 15.2 Å². The maximum absolute atomic E-state index is 4.49. The van der Waals surface area contributed by atoms with Crippen molar-refractivity contribution < 1.29 is 0 Å². The van der Waals surface area contributed by atoms with E-state index in [0.717, 1.165) is 36.2 Å². The Morgan fingerprint density at radius 2 is 2.16 bits per heavy atom. The maximum Gasteiger partial charge on any atom is 0.0758 e. The highest BCUT2D eigenvalue weighted by molar-refractivity contribution is 9.10. The first kappa shape index (κ1) is 14.4. The molecule has 19 heavy (non-hydrogen) atoms. The molecule has 0 aliphatic heterocycles. The lowest BCUT2D eigenvalue weighted by Gasteiger charge is -2.14. The summed E-state index contributed by atoms with van der Waals surface area (Å²) >= 11 is 3.57. The van der Waals surface area contributed by atoms with E-state index in [1.807, 2.05) is 12.3 Å². The van der Waals surface area contributed by atoms with Crippen LogP contribution in [0.4, 0.5) is 0 Å². The summed E-state index contributed by atoms with van der Waals surface area (Å²) in [5.41, 5.74) is 2.33. The summed E-state index contributed by atoms with van der Waals surface area (Å²) in [4.78, 5) is 6.79. The predicted molar refractivity (Wildman–Crippen MR) is 84.3 cm³/mol. The fourth-order valence-electron chi connectivity index (χ4n) is 1.99. The predicted octanol–water partition coefficient (Wildman–Crippen LogP) is 3.04. The van der Waals surface area contributed by atoms with Crippen LogP contribution in [0.25, 0.3) is 10.9 Å². The Bertz CT molecular complexity index is 542. The van der Waals surface area contributed by atoms with Gasteiger partial charge in [-0.05, 0) is 31.3 Å². The highest BCUT2D eigenvalue weighted by Gasteiger charge is 2.05. The van der Waals surface area contributed by atoms with Crippen molar-refractivity contribution in [1.29, 1.82) is 0 Å². The van der Waals surface area contributed by atoms with Crippen LogP contribution in [-0.4, -0.2) is 36.6 Å². The summed E-state index contributed by atoms with van der Waals surface area (Å²) in [6.07, 6.45) is 1.85. The van der Waals surface area contributed by atoms with E-state index < -0.39 is 0 Å². The van der Waals surface area contributed by atoms with E-state index in [1.54, 1.807) is 0 Å². The van der Waals surface area contributed by atoms with Crippen LogP contribution in [0, 0.1) is 0 Å². The van der Waals surface area contributed by atoms with E-state index in [-0.39, 0.29) is 0 Å². The van der Waals surface area contributed by atoms with Gasteiger partial charge in [-0.25, -0.2) is 0 Å². The molecule has 0 spiro atoms. The van der Waals surface area contributed by atoms with Crippen LogP contribution in [-0.2, 0) is 6.54 Å². The minimum atomic E-state index is 0.859. The van der Waals surface area contributed by atoms with Crippen LogP contribution in [0.5, 0.6) is 0 Å². The largest absolute Gasteiger partial charge is 0.311 e. The molecular weight excluding hydrogens is 302 g/mol. The zero-order valence-electron chi connectivity index (χ0n) is 11.5. The first-order valence-electron chi connectivity index (χ1n) is 6.63. The van der Waals surface area contributed by atoms with Gasteiger partial charge in [0.25, 0.3) is 0 Å². The Balaban J connectivity index is 2.03. The van der Waals surface area contributed by atoms with Gasteiger partial charge in [-0.3, -0.25) is 4.98 Å². The van der Waals surface area contributed by atoms with Gasteiger partial charge in [-0.2, -0.15) is 0 Å². The molecule has 0 bridgehead atoms. The lowest BCUT2D eigenvalue weighted by molar-refractivity contribution is 0.349. The van der Waals surface area contributed by atoms with Crippen molar-refractivity contribution in [2.24, 2.45) is 0 Å². The van der Waals surface area contributed by atoms with E-state index in [2.05, 4.69) is 63.3 Å². The lowest BCUT2D eigenvalue weighted by Crippen LogP contribution is -2.28. The number of pyridine rings is 1. The van der Waals surface area contributed by atoms with Gasteiger partial charge in [0.05, 0.1) is 5.52 Å². The number of nitrogens with zero attached hydrogens (tertiary/aromatic N) is 2. The van der Waals surface area contributed by atoms with Crippen LogP contribution in [0.15, 0.2) is 34.9 Å². The van der Waals surface area contributed by atoms with E-state index in [0.29, 0.717) is 0 Å². The van der Waals surface area contributed by atoms with Gasteiger partial charge < -0.3 is 10.2 Å². The Morgan fingerprint density at radius 1 is 1.32 bits per heavy atom. The summed E-state index contributed by atoms with van der Waals surface area (Å²) in [6.45, 7) is 6.18. The molecule has 102 valence electrons. The first-order valence-corrected chi connectivity index (χ1v) is 7.43. The summed E-state index contributed by atoms with van der Waals surface area (Å²) in [5, 5.41) is 4.66. The standard InChI is InChI=1S/C15H20BrN3/c1-3-19(2)10-9-17-11-12-6-7-14(16)13-5-4-8-18-15(12)13/h4-8,17H,3,9-11H2,1-2H3. The number of fused-ring (bicyclic) bond motifs is 1. The molecule has 0 saturated carbocycles. The fourth-order valence-corrected chi connectivity index (χ4v) is 2.44. The molecule has 0 fully saturated rings. The van der Waals surface area contributed by atoms with Gasteiger partial charge in [0.1, 0.15) is 0 Å². The van der Waals surface area contributed by atoms with Crippen molar-refractivity contribution in [2.45, 2.75) is 13.5 Å². The molecule has 1 aromatic carbocycles. The molecule has 0 aliphatic rings. The second-order valence-corrected chi connectivity index (χ2v) is 5.53. The molecule has 0 atom stereocenters. The zero-order valence-corrected chi connectivity index (χ0v) is 13.1. The topological polar surface area (TPSA) is 28.2 Å². The van der Waals surface area contributed by atoms with Crippen molar-refractivity contribution in [3.63, 3.8) is 0 Å². The minimum absolute atomic E-state index is 0.859. The number of hydrogen-bond donors (Lipinski definition) is 1. The summed E-state index contributed by atoms with van der Waals surface area (Å²) in [7, 11) is 2.14. The molecule has 1 N–H and O–H groups in total. The van der Waals surface area contributed by atoms with Crippen molar-refractivity contribution in [3.8, 4) is 0 Å². The van der Waals surface area contributed by atoms with Crippen molar-refractivity contribution in [2.75, 3.05) is 26.7 Å².